The van der Waals surface area contributed by atoms with Crippen molar-refractivity contribution < 1.29 is 14.3 Å². The first kappa shape index (κ1) is 14.8. The highest BCUT2D eigenvalue weighted by Gasteiger charge is 2.13. The molecule has 0 aliphatic rings. The maximum Gasteiger partial charge on any atom is 0.328 e. The molecule has 0 spiro atoms. The van der Waals surface area contributed by atoms with Crippen LogP contribution in [-0.4, -0.2) is 17.6 Å². The maximum absolute atomic E-state index is 14.0. The highest BCUT2D eigenvalue weighted by molar-refractivity contribution is 5.87. The topological polar surface area (TPSA) is 40.5 Å². The standard InChI is InChI=1S/C17H16FNO2/c1-2-19(13-7-4-3-5-8-13)16-10-6-9-15(18)14(16)11-12-17(20)21/h3-12H,2H2,1H3,(H,20,21)/b12-11+. The molecular weight excluding hydrogens is 269 g/mol. The Morgan fingerprint density at radius 1 is 1.19 bits per heavy atom. The second-order valence-electron chi connectivity index (χ2n) is 4.42. The van der Waals surface area contributed by atoms with Crippen LogP contribution in [0.4, 0.5) is 15.8 Å². The van der Waals surface area contributed by atoms with Crippen molar-refractivity contribution in [2.75, 3.05) is 11.4 Å². The quantitative estimate of drug-likeness (QED) is 0.841. The minimum Gasteiger partial charge on any atom is -0.478 e. The van der Waals surface area contributed by atoms with Crippen molar-refractivity contribution in [2.24, 2.45) is 0 Å². The summed E-state index contributed by atoms with van der Waals surface area (Å²) >= 11 is 0. The summed E-state index contributed by atoms with van der Waals surface area (Å²) in [6, 6.07) is 14.3. The molecule has 2 rings (SSSR count). The van der Waals surface area contributed by atoms with Crippen LogP contribution in [0, 0.1) is 5.82 Å². The molecule has 0 aliphatic carbocycles. The molecule has 0 saturated heterocycles. The van der Waals surface area contributed by atoms with Gasteiger partial charge < -0.3 is 10.0 Å². The molecule has 0 atom stereocenters. The van der Waals surface area contributed by atoms with Gasteiger partial charge in [0, 0.05) is 23.9 Å². The van der Waals surface area contributed by atoms with E-state index in [9.17, 15) is 9.18 Å². The molecule has 0 radical (unpaired) electrons. The molecule has 0 aromatic heterocycles. The van der Waals surface area contributed by atoms with Gasteiger partial charge in [-0.15, -0.1) is 0 Å². The van der Waals surface area contributed by atoms with Crippen LogP contribution >= 0.6 is 0 Å². The molecule has 0 bridgehead atoms. The average Bonchev–Trinajstić information content (AvgIpc) is 2.48. The number of hydrogen-bond donors (Lipinski definition) is 1. The Labute approximate surface area is 123 Å². The fraction of sp³-hybridized carbons (Fsp3) is 0.118. The molecule has 1 N–H and O–H groups in total. The lowest BCUT2D eigenvalue weighted by molar-refractivity contribution is -0.131. The number of carbonyl (C=O) groups is 1. The molecule has 4 heteroatoms. The van der Waals surface area contributed by atoms with E-state index >= 15 is 0 Å². The van der Waals surface area contributed by atoms with E-state index in [4.69, 9.17) is 5.11 Å². The predicted molar refractivity (Wildman–Crippen MR) is 82.2 cm³/mol. The second kappa shape index (κ2) is 6.70. The minimum absolute atomic E-state index is 0.269. The highest BCUT2D eigenvalue weighted by atomic mass is 19.1. The van der Waals surface area contributed by atoms with Crippen molar-refractivity contribution >= 4 is 23.4 Å². The first-order chi connectivity index (χ1) is 10.1. The summed E-state index contributed by atoms with van der Waals surface area (Å²) in [5.41, 5.74) is 1.84. The van der Waals surface area contributed by atoms with Crippen LogP contribution in [0.1, 0.15) is 12.5 Å². The third-order valence-electron chi connectivity index (χ3n) is 3.10. The second-order valence-corrected chi connectivity index (χ2v) is 4.42. The van der Waals surface area contributed by atoms with Crippen molar-refractivity contribution in [3.8, 4) is 0 Å². The first-order valence-electron chi connectivity index (χ1n) is 6.65. The summed E-state index contributed by atoms with van der Waals surface area (Å²) in [6.45, 7) is 2.60. The zero-order chi connectivity index (χ0) is 15.2. The van der Waals surface area contributed by atoms with Crippen molar-refractivity contribution in [3.05, 3.63) is 66.0 Å². The third-order valence-corrected chi connectivity index (χ3v) is 3.10. The molecule has 2 aromatic rings. The molecule has 0 aliphatic heterocycles. The molecule has 0 amide bonds. The van der Waals surface area contributed by atoms with E-state index in [0.717, 1.165) is 11.8 Å². The Bertz CT molecular complexity index is 653. The van der Waals surface area contributed by atoms with Gasteiger partial charge in [-0.3, -0.25) is 0 Å². The summed E-state index contributed by atoms with van der Waals surface area (Å²) in [7, 11) is 0. The normalized spacial score (nSPS) is 10.8. The Balaban J connectivity index is 2.51. The number of carboxylic acid groups (broad SMARTS) is 1. The van der Waals surface area contributed by atoms with Crippen molar-refractivity contribution in [2.45, 2.75) is 6.92 Å². The van der Waals surface area contributed by atoms with Crippen LogP contribution in [0.2, 0.25) is 0 Å². The highest BCUT2D eigenvalue weighted by Crippen LogP contribution is 2.30. The van der Waals surface area contributed by atoms with Crippen LogP contribution < -0.4 is 4.90 Å². The molecule has 108 valence electrons. The molecule has 21 heavy (non-hydrogen) atoms. The van der Waals surface area contributed by atoms with E-state index in [1.807, 2.05) is 42.2 Å². The Morgan fingerprint density at radius 3 is 2.52 bits per heavy atom. The number of hydrogen-bond acceptors (Lipinski definition) is 2. The van der Waals surface area contributed by atoms with Crippen LogP contribution in [-0.2, 0) is 4.79 Å². The summed E-state index contributed by atoms with van der Waals surface area (Å²) in [5, 5.41) is 8.75. The molecule has 0 unspecified atom stereocenters. The van der Waals surface area contributed by atoms with Crippen LogP contribution in [0.3, 0.4) is 0 Å². The largest absolute Gasteiger partial charge is 0.478 e. The van der Waals surface area contributed by atoms with E-state index in [2.05, 4.69) is 0 Å². The average molecular weight is 285 g/mol. The van der Waals surface area contributed by atoms with Gasteiger partial charge in [-0.2, -0.15) is 0 Å². The lowest BCUT2D eigenvalue weighted by Gasteiger charge is -2.25. The summed E-state index contributed by atoms with van der Waals surface area (Å²) in [4.78, 5) is 12.6. The number of benzene rings is 2. The summed E-state index contributed by atoms with van der Waals surface area (Å²) < 4.78 is 14.0. The Kier molecular flexibility index (Phi) is 4.72. The smallest absolute Gasteiger partial charge is 0.328 e. The third kappa shape index (κ3) is 3.48. The number of halogens is 1. The lowest BCUT2D eigenvalue weighted by Crippen LogP contribution is -2.17. The zero-order valence-electron chi connectivity index (χ0n) is 11.7. The van der Waals surface area contributed by atoms with Gasteiger partial charge in [-0.1, -0.05) is 24.3 Å². The lowest BCUT2D eigenvalue weighted by atomic mass is 10.1. The van der Waals surface area contributed by atoms with Crippen molar-refractivity contribution in [1.29, 1.82) is 0 Å². The number of aliphatic carboxylic acids is 1. The van der Waals surface area contributed by atoms with Gasteiger partial charge in [0.2, 0.25) is 0 Å². The fourth-order valence-corrected chi connectivity index (χ4v) is 2.18. The number of para-hydroxylation sites is 1. The van der Waals surface area contributed by atoms with Crippen LogP contribution in [0.25, 0.3) is 6.08 Å². The van der Waals surface area contributed by atoms with Gasteiger partial charge in [-0.05, 0) is 37.3 Å². The summed E-state index contributed by atoms with van der Waals surface area (Å²) in [5.74, 6) is -1.55. The molecule has 0 fully saturated rings. The van der Waals surface area contributed by atoms with E-state index in [1.165, 1.54) is 12.1 Å². The van der Waals surface area contributed by atoms with Gasteiger partial charge in [-0.25, -0.2) is 9.18 Å². The number of rotatable bonds is 5. The number of nitrogens with zero attached hydrogens (tertiary/aromatic N) is 1. The number of anilines is 2. The first-order valence-corrected chi connectivity index (χ1v) is 6.65. The van der Waals surface area contributed by atoms with E-state index in [0.29, 0.717) is 12.2 Å². The van der Waals surface area contributed by atoms with Crippen LogP contribution in [0.5, 0.6) is 0 Å². The van der Waals surface area contributed by atoms with E-state index < -0.39 is 11.8 Å². The Morgan fingerprint density at radius 2 is 1.90 bits per heavy atom. The van der Waals surface area contributed by atoms with Crippen molar-refractivity contribution in [3.63, 3.8) is 0 Å². The van der Waals surface area contributed by atoms with Crippen LogP contribution in [0.15, 0.2) is 54.6 Å². The van der Waals surface area contributed by atoms with Gasteiger partial charge in [0.1, 0.15) is 5.82 Å². The molecular formula is C17H16FNO2. The van der Waals surface area contributed by atoms with Gasteiger partial charge in [0.25, 0.3) is 0 Å². The van der Waals surface area contributed by atoms with Gasteiger partial charge in [0.15, 0.2) is 0 Å². The van der Waals surface area contributed by atoms with Gasteiger partial charge >= 0.3 is 5.97 Å². The molecule has 3 nitrogen and oxygen atoms in total. The number of carboxylic acids is 1. The fourth-order valence-electron chi connectivity index (χ4n) is 2.18. The molecule has 2 aromatic carbocycles. The SMILES string of the molecule is CCN(c1ccccc1)c1cccc(F)c1/C=C/C(=O)O. The minimum atomic E-state index is -1.10. The molecule has 0 saturated carbocycles. The van der Waals surface area contributed by atoms with E-state index in [1.54, 1.807) is 12.1 Å². The van der Waals surface area contributed by atoms with Gasteiger partial charge in [0.05, 0.1) is 5.69 Å². The predicted octanol–water partition coefficient (Wildman–Crippen LogP) is 4.08. The monoisotopic (exact) mass is 285 g/mol. The maximum atomic E-state index is 14.0. The Hall–Kier alpha value is -2.62. The summed E-state index contributed by atoms with van der Waals surface area (Å²) in [6.07, 6.45) is 2.24. The van der Waals surface area contributed by atoms with E-state index in [-0.39, 0.29) is 5.56 Å². The molecule has 0 heterocycles. The van der Waals surface area contributed by atoms with Crippen molar-refractivity contribution in [1.82, 2.24) is 0 Å². The zero-order valence-corrected chi connectivity index (χ0v) is 11.7.